The summed E-state index contributed by atoms with van der Waals surface area (Å²) in [4.78, 5) is 19.0. The van der Waals surface area contributed by atoms with Gasteiger partial charge in [-0.3, -0.25) is 4.79 Å². The van der Waals surface area contributed by atoms with Crippen molar-refractivity contribution in [2.24, 2.45) is 0 Å². The lowest BCUT2D eigenvalue weighted by atomic mass is 10.0. The predicted molar refractivity (Wildman–Crippen MR) is 80.0 cm³/mol. The molecule has 3 rings (SSSR count). The van der Waals surface area contributed by atoms with Crippen LogP contribution in [0.25, 0.3) is 0 Å². The van der Waals surface area contributed by atoms with Gasteiger partial charge in [0, 0.05) is 19.3 Å². The van der Waals surface area contributed by atoms with Crippen molar-refractivity contribution >= 4 is 17.4 Å². The maximum Gasteiger partial charge on any atom is 0.241 e. The molecule has 0 aliphatic carbocycles. The molecule has 3 heterocycles. The minimum Gasteiger partial charge on any atom is -0.355 e. The Balaban J connectivity index is 1.71. The second kappa shape index (κ2) is 6.22. The Bertz CT molecular complexity index is 465. The zero-order valence-corrected chi connectivity index (χ0v) is 11.8. The molecule has 0 bridgehead atoms. The lowest BCUT2D eigenvalue weighted by Gasteiger charge is -2.24. The summed E-state index contributed by atoms with van der Waals surface area (Å²) in [6, 6.07) is 3.76. The SMILES string of the molecule is O=C(Nc1cccnc1N1CCCC1)[C@H]1CCCCN1. The van der Waals surface area contributed by atoms with Crippen LogP contribution in [0.4, 0.5) is 11.5 Å². The van der Waals surface area contributed by atoms with Crippen LogP contribution in [0.2, 0.25) is 0 Å². The number of aromatic nitrogens is 1. The lowest BCUT2D eigenvalue weighted by molar-refractivity contribution is -0.118. The number of amides is 1. The van der Waals surface area contributed by atoms with Gasteiger partial charge >= 0.3 is 0 Å². The van der Waals surface area contributed by atoms with Gasteiger partial charge in [-0.05, 0) is 44.4 Å². The van der Waals surface area contributed by atoms with Crippen molar-refractivity contribution in [3.05, 3.63) is 18.3 Å². The molecule has 0 radical (unpaired) electrons. The van der Waals surface area contributed by atoms with Gasteiger partial charge in [0.1, 0.15) is 0 Å². The molecule has 1 aromatic heterocycles. The first-order chi connectivity index (χ1) is 9.84. The molecule has 5 nitrogen and oxygen atoms in total. The van der Waals surface area contributed by atoms with Crippen molar-refractivity contribution in [2.75, 3.05) is 29.9 Å². The minimum atomic E-state index is -0.0598. The highest BCUT2D eigenvalue weighted by Crippen LogP contribution is 2.26. The molecule has 1 aromatic rings. The molecule has 2 aliphatic rings. The zero-order valence-electron chi connectivity index (χ0n) is 11.8. The van der Waals surface area contributed by atoms with Crippen LogP contribution in [0.1, 0.15) is 32.1 Å². The Kier molecular flexibility index (Phi) is 4.16. The van der Waals surface area contributed by atoms with Crippen LogP contribution in [0.3, 0.4) is 0 Å². The Labute approximate surface area is 119 Å². The molecule has 2 N–H and O–H groups in total. The summed E-state index contributed by atoms with van der Waals surface area (Å²) < 4.78 is 0. The van der Waals surface area contributed by atoms with Gasteiger partial charge in [-0.2, -0.15) is 0 Å². The average molecular weight is 274 g/mol. The van der Waals surface area contributed by atoms with E-state index in [1.807, 2.05) is 12.1 Å². The van der Waals surface area contributed by atoms with Crippen LogP contribution < -0.4 is 15.5 Å². The molecule has 108 valence electrons. The molecular weight excluding hydrogens is 252 g/mol. The number of nitrogens with zero attached hydrogens (tertiary/aromatic N) is 2. The smallest absolute Gasteiger partial charge is 0.241 e. The van der Waals surface area contributed by atoms with Gasteiger partial charge in [0.2, 0.25) is 5.91 Å². The van der Waals surface area contributed by atoms with Gasteiger partial charge in [-0.25, -0.2) is 4.98 Å². The summed E-state index contributed by atoms with van der Waals surface area (Å²) in [6.45, 7) is 2.99. The van der Waals surface area contributed by atoms with Gasteiger partial charge in [-0.15, -0.1) is 0 Å². The number of carbonyl (C=O) groups excluding carboxylic acids is 1. The zero-order chi connectivity index (χ0) is 13.8. The van der Waals surface area contributed by atoms with Crippen LogP contribution in [-0.4, -0.2) is 36.6 Å². The van der Waals surface area contributed by atoms with E-state index in [0.29, 0.717) is 0 Å². The quantitative estimate of drug-likeness (QED) is 0.882. The van der Waals surface area contributed by atoms with E-state index in [4.69, 9.17) is 0 Å². The molecule has 1 atom stereocenters. The number of hydrogen-bond acceptors (Lipinski definition) is 4. The summed E-state index contributed by atoms with van der Waals surface area (Å²) in [5.41, 5.74) is 0.840. The van der Waals surface area contributed by atoms with Gasteiger partial charge in [0.25, 0.3) is 0 Å². The molecule has 0 spiro atoms. The monoisotopic (exact) mass is 274 g/mol. The molecule has 2 aliphatic heterocycles. The van der Waals surface area contributed by atoms with Crippen LogP contribution >= 0.6 is 0 Å². The van der Waals surface area contributed by atoms with E-state index in [2.05, 4.69) is 20.5 Å². The third kappa shape index (κ3) is 2.93. The molecule has 2 saturated heterocycles. The van der Waals surface area contributed by atoms with E-state index < -0.39 is 0 Å². The molecule has 0 unspecified atom stereocenters. The summed E-state index contributed by atoms with van der Waals surface area (Å²) in [6.07, 6.45) is 7.41. The third-order valence-electron chi connectivity index (χ3n) is 4.08. The van der Waals surface area contributed by atoms with Crippen molar-refractivity contribution in [1.82, 2.24) is 10.3 Å². The molecule has 5 heteroatoms. The van der Waals surface area contributed by atoms with E-state index in [1.54, 1.807) is 6.20 Å². The Morgan fingerprint density at radius 3 is 2.90 bits per heavy atom. The normalized spacial score (nSPS) is 22.8. The van der Waals surface area contributed by atoms with Gasteiger partial charge < -0.3 is 15.5 Å². The fourth-order valence-corrected chi connectivity index (χ4v) is 2.97. The molecule has 0 aromatic carbocycles. The number of pyridine rings is 1. The van der Waals surface area contributed by atoms with Crippen molar-refractivity contribution in [1.29, 1.82) is 0 Å². The third-order valence-corrected chi connectivity index (χ3v) is 4.08. The van der Waals surface area contributed by atoms with Crippen molar-refractivity contribution < 1.29 is 4.79 Å². The number of piperidine rings is 1. The Hall–Kier alpha value is -1.62. The molecule has 0 saturated carbocycles. The summed E-state index contributed by atoms with van der Waals surface area (Å²) in [5, 5.41) is 6.33. The number of nitrogens with one attached hydrogen (secondary N) is 2. The van der Waals surface area contributed by atoms with Crippen LogP contribution in [-0.2, 0) is 4.79 Å². The summed E-state index contributed by atoms with van der Waals surface area (Å²) in [5.74, 6) is 0.979. The van der Waals surface area contributed by atoms with E-state index in [0.717, 1.165) is 50.4 Å². The summed E-state index contributed by atoms with van der Waals surface area (Å²) >= 11 is 0. The first kappa shape index (κ1) is 13.4. The molecule has 1 amide bonds. The number of carbonyl (C=O) groups is 1. The predicted octanol–water partition coefficient (Wildman–Crippen LogP) is 1.76. The van der Waals surface area contributed by atoms with Crippen LogP contribution in [0.15, 0.2) is 18.3 Å². The Morgan fingerprint density at radius 2 is 2.15 bits per heavy atom. The fraction of sp³-hybridized carbons (Fsp3) is 0.600. The van der Waals surface area contributed by atoms with Gasteiger partial charge in [0.15, 0.2) is 5.82 Å². The standard InChI is InChI=1S/C15H22N4O/c20-15(13-6-1-2-8-16-13)18-12-7-5-9-17-14(12)19-10-3-4-11-19/h5,7,9,13,16H,1-4,6,8,10-11H2,(H,18,20)/t13-/m1/s1. The number of anilines is 2. The maximum atomic E-state index is 12.3. The highest BCUT2D eigenvalue weighted by atomic mass is 16.2. The Morgan fingerprint density at radius 1 is 1.30 bits per heavy atom. The molecule has 20 heavy (non-hydrogen) atoms. The second-order valence-electron chi connectivity index (χ2n) is 5.56. The van der Waals surface area contributed by atoms with E-state index in [1.165, 1.54) is 12.8 Å². The van der Waals surface area contributed by atoms with Crippen LogP contribution in [0, 0.1) is 0 Å². The van der Waals surface area contributed by atoms with Gasteiger partial charge in [0.05, 0.1) is 11.7 Å². The lowest BCUT2D eigenvalue weighted by Crippen LogP contribution is -2.43. The topological polar surface area (TPSA) is 57.3 Å². The molecule has 2 fully saturated rings. The van der Waals surface area contributed by atoms with Crippen molar-refractivity contribution in [3.63, 3.8) is 0 Å². The van der Waals surface area contributed by atoms with Gasteiger partial charge in [-0.1, -0.05) is 6.42 Å². The minimum absolute atomic E-state index is 0.0598. The maximum absolute atomic E-state index is 12.3. The van der Waals surface area contributed by atoms with Crippen molar-refractivity contribution in [3.8, 4) is 0 Å². The summed E-state index contributed by atoms with van der Waals surface area (Å²) in [7, 11) is 0. The highest BCUT2D eigenvalue weighted by molar-refractivity contribution is 5.97. The second-order valence-corrected chi connectivity index (χ2v) is 5.56. The van der Waals surface area contributed by atoms with Crippen molar-refractivity contribution in [2.45, 2.75) is 38.1 Å². The fourth-order valence-electron chi connectivity index (χ4n) is 2.97. The van der Waals surface area contributed by atoms with E-state index in [9.17, 15) is 4.79 Å². The van der Waals surface area contributed by atoms with E-state index in [-0.39, 0.29) is 11.9 Å². The average Bonchev–Trinajstić information content (AvgIpc) is 3.03. The van der Waals surface area contributed by atoms with E-state index >= 15 is 0 Å². The largest absolute Gasteiger partial charge is 0.355 e. The van der Waals surface area contributed by atoms with Crippen LogP contribution in [0.5, 0.6) is 0 Å². The molecular formula is C15H22N4O. The first-order valence-corrected chi connectivity index (χ1v) is 7.59. The first-order valence-electron chi connectivity index (χ1n) is 7.59. The number of rotatable bonds is 3. The highest BCUT2D eigenvalue weighted by Gasteiger charge is 2.23. The number of hydrogen-bond donors (Lipinski definition) is 2.